The van der Waals surface area contributed by atoms with Crippen LogP contribution in [0.4, 0.5) is 10.1 Å². The summed E-state index contributed by atoms with van der Waals surface area (Å²) in [6.45, 7) is 1.98. The second kappa shape index (κ2) is 7.01. The highest BCUT2D eigenvalue weighted by Crippen LogP contribution is 2.33. The maximum Gasteiger partial charge on any atom is 0.305 e. The molecule has 0 amide bonds. The average Bonchev–Trinajstić information content (AvgIpc) is 3.07. The lowest BCUT2D eigenvalue weighted by Crippen LogP contribution is -1.98. The van der Waals surface area contributed by atoms with E-state index in [1.807, 2.05) is 25.1 Å². The summed E-state index contributed by atoms with van der Waals surface area (Å²) in [4.78, 5) is 14.8. The Morgan fingerprint density at radius 3 is 2.71 bits per heavy atom. The molecule has 0 saturated carbocycles. The second-order valence-electron chi connectivity index (χ2n) is 6.17. The van der Waals surface area contributed by atoms with E-state index in [9.17, 15) is 14.5 Å². The number of rotatable bonds is 4. The molecular weight excluding hydrogens is 383 g/mol. The standard InChI is InChI=1S/C20H14ClFN4O2/c1-2-16-19(13-4-3-5-14(21)10-13)20-23-9-8-17(25(20)24-16)12-6-7-15(22)18(11-12)26(27)28/h3-11H,2H2,1H3. The summed E-state index contributed by atoms with van der Waals surface area (Å²) in [6, 6.07) is 12.9. The number of benzene rings is 2. The van der Waals surface area contributed by atoms with Crippen molar-refractivity contribution >= 4 is 22.9 Å². The van der Waals surface area contributed by atoms with Gasteiger partial charge >= 0.3 is 5.69 Å². The fourth-order valence-corrected chi connectivity index (χ4v) is 3.40. The fourth-order valence-electron chi connectivity index (χ4n) is 3.21. The first-order valence-electron chi connectivity index (χ1n) is 8.56. The summed E-state index contributed by atoms with van der Waals surface area (Å²) in [5.41, 5.74) is 3.62. The molecule has 140 valence electrons. The van der Waals surface area contributed by atoms with Crippen LogP contribution in [0, 0.1) is 15.9 Å². The number of hydrogen-bond donors (Lipinski definition) is 0. The van der Waals surface area contributed by atoms with E-state index in [2.05, 4.69) is 10.1 Å². The topological polar surface area (TPSA) is 73.3 Å². The van der Waals surface area contributed by atoms with Gasteiger partial charge in [0.2, 0.25) is 5.82 Å². The SMILES string of the molecule is CCc1nn2c(-c3ccc(F)c([N+](=O)[O-])c3)ccnc2c1-c1cccc(Cl)c1. The van der Waals surface area contributed by atoms with Gasteiger partial charge in [0, 0.05) is 28.4 Å². The normalized spacial score (nSPS) is 11.1. The molecule has 28 heavy (non-hydrogen) atoms. The quantitative estimate of drug-likeness (QED) is 0.345. The van der Waals surface area contributed by atoms with Crippen molar-refractivity contribution in [2.45, 2.75) is 13.3 Å². The van der Waals surface area contributed by atoms with Gasteiger partial charge in [-0.2, -0.15) is 9.49 Å². The Labute approximate surface area is 164 Å². The number of aromatic nitrogens is 3. The third-order valence-corrected chi connectivity index (χ3v) is 4.71. The van der Waals surface area contributed by atoms with Crippen LogP contribution in [0.1, 0.15) is 12.6 Å². The van der Waals surface area contributed by atoms with E-state index in [-0.39, 0.29) is 0 Å². The zero-order chi connectivity index (χ0) is 19.8. The number of fused-ring (bicyclic) bond motifs is 1. The molecule has 0 bridgehead atoms. The molecule has 8 heteroatoms. The van der Waals surface area contributed by atoms with E-state index in [1.54, 1.807) is 22.8 Å². The fraction of sp³-hybridized carbons (Fsp3) is 0.100. The first-order chi connectivity index (χ1) is 13.5. The molecule has 2 aromatic heterocycles. The molecule has 0 N–H and O–H groups in total. The first-order valence-corrected chi connectivity index (χ1v) is 8.94. The molecule has 6 nitrogen and oxygen atoms in total. The van der Waals surface area contributed by atoms with Crippen LogP contribution in [0.25, 0.3) is 28.0 Å². The van der Waals surface area contributed by atoms with Gasteiger partial charge in [0.05, 0.1) is 16.3 Å². The van der Waals surface area contributed by atoms with E-state index >= 15 is 0 Å². The molecule has 0 spiro atoms. The van der Waals surface area contributed by atoms with Gasteiger partial charge in [-0.15, -0.1) is 0 Å². The van der Waals surface area contributed by atoms with Gasteiger partial charge in [-0.05, 0) is 42.3 Å². The van der Waals surface area contributed by atoms with Crippen molar-refractivity contribution in [1.29, 1.82) is 0 Å². The predicted molar refractivity (Wildman–Crippen MR) is 105 cm³/mol. The molecule has 4 aromatic rings. The molecule has 0 radical (unpaired) electrons. The number of hydrogen-bond acceptors (Lipinski definition) is 4. The van der Waals surface area contributed by atoms with Crippen LogP contribution in [0.15, 0.2) is 54.7 Å². The highest BCUT2D eigenvalue weighted by molar-refractivity contribution is 6.30. The molecule has 2 aromatic carbocycles. The van der Waals surface area contributed by atoms with Crippen LogP contribution >= 0.6 is 11.6 Å². The van der Waals surface area contributed by atoms with Crippen LogP contribution in [0.5, 0.6) is 0 Å². The third-order valence-electron chi connectivity index (χ3n) is 4.48. The molecule has 0 fully saturated rings. The van der Waals surface area contributed by atoms with Crippen LogP contribution in [0.2, 0.25) is 5.02 Å². The lowest BCUT2D eigenvalue weighted by Gasteiger charge is -2.06. The predicted octanol–water partition coefficient (Wildman–Crippen LogP) is 5.33. The van der Waals surface area contributed by atoms with Gasteiger partial charge in [-0.1, -0.05) is 30.7 Å². The smallest absolute Gasteiger partial charge is 0.258 e. The molecule has 0 atom stereocenters. The van der Waals surface area contributed by atoms with Crippen LogP contribution in [0.3, 0.4) is 0 Å². The van der Waals surface area contributed by atoms with Crippen molar-refractivity contribution < 1.29 is 9.31 Å². The number of nitro benzene ring substituents is 1. The van der Waals surface area contributed by atoms with Crippen molar-refractivity contribution in [2.24, 2.45) is 0 Å². The summed E-state index contributed by atoms with van der Waals surface area (Å²) in [5, 5.41) is 16.4. The lowest BCUT2D eigenvalue weighted by atomic mass is 10.0. The van der Waals surface area contributed by atoms with E-state index in [0.29, 0.717) is 28.3 Å². The average molecular weight is 397 g/mol. The Hall–Kier alpha value is -3.32. The zero-order valence-electron chi connectivity index (χ0n) is 14.8. The number of aryl methyl sites for hydroxylation is 1. The number of halogens is 2. The van der Waals surface area contributed by atoms with E-state index in [0.717, 1.165) is 22.9 Å². The van der Waals surface area contributed by atoms with Gasteiger partial charge in [0.15, 0.2) is 5.65 Å². The van der Waals surface area contributed by atoms with E-state index < -0.39 is 16.4 Å². The summed E-state index contributed by atoms with van der Waals surface area (Å²) in [7, 11) is 0. The molecule has 2 heterocycles. The molecule has 0 unspecified atom stereocenters. The van der Waals surface area contributed by atoms with Crippen molar-refractivity contribution in [1.82, 2.24) is 14.6 Å². The second-order valence-corrected chi connectivity index (χ2v) is 6.61. The van der Waals surface area contributed by atoms with E-state index in [4.69, 9.17) is 11.6 Å². The monoisotopic (exact) mass is 396 g/mol. The van der Waals surface area contributed by atoms with Gasteiger partial charge in [-0.3, -0.25) is 10.1 Å². The lowest BCUT2D eigenvalue weighted by molar-refractivity contribution is -0.387. The minimum absolute atomic E-state index is 0.475. The zero-order valence-corrected chi connectivity index (χ0v) is 15.5. The van der Waals surface area contributed by atoms with Crippen molar-refractivity contribution in [3.8, 4) is 22.4 Å². The minimum Gasteiger partial charge on any atom is -0.258 e. The summed E-state index contributed by atoms with van der Waals surface area (Å²) < 4.78 is 15.4. The number of nitro groups is 1. The molecule has 0 aliphatic heterocycles. The first kappa shape index (κ1) is 18.1. The van der Waals surface area contributed by atoms with Gasteiger partial charge in [-0.25, -0.2) is 9.50 Å². The Bertz CT molecular complexity index is 1220. The maximum absolute atomic E-state index is 13.7. The van der Waals surface area contributed by atoms with Crippen LogP contribution in [-0.2, 0) is 6.42 Å². The van der Waals surface area contributed by atoms with Crippen LogP contribution < -0.4 is 0 Å². The Kier molecular flexibility index (Phi) is 4.52. The van der Waals surface area contributed by atoms with Gasteiger partial charge in [0.1, 0.15) is 0 Å². The van der Waals surface area contributed by atoms with Gasteiger partial charge in [0.25, 0.3) is 0 Å². The molecular formula is C20H14ClFN4O2. The van der Waals surface area contributed by atoms with Gasteiger partial charge < -0.3 is 0 Å². The van der Waals surface area contributed by atoms with Crippen molar-refractivity contribution in [3.63, 3.8) is 0 Å². The minimum atomic E-state index is -0.881. The van der Waals surface area contributed by atoms with Crippen LogP contribution in [-0.4, -0.2) is 19.5 Å². The largest absolute Gasteiger partial charge is 0.305 e. The van der Waals surface area contributed by atoms with Crippen molar-refractivity contribution in [2.75, 3.05) is 0 Å². The molecule has 4 rings (SSSR count). The molecule has 0 aliphatic rings. The Morgan fingerprint density at radius 2 is 2.00 bits per heavy atom. The Balaban J connectivity index is 1.98. The summed E-state index contributed by atoms with van der Waals surface area (Å²) >= 11 is 6.15. The van der Waals surface area contributed by atoms with Crippen molar-refractivity contribution in [3.05, 3.63) is 81.4 Å². The number of nitrogens with zero attached hydrogens (tertiary/aromatic N) is 4. The third kappa shape index (κ3) is 2.99. The van der Waals surface area contributed by atoms with E-state index in [1.165, 1.54) is 12.1 Å². The Morgan fingerprint density at radius 1 is 1.18 bits per heavy atom. The highest BCUT2D eigenvalue weighted by Gasteiger charge is 2.20. The maximum atomic E-state index is 13.7. The highest BCUT2D eigenvalue weighted by atomic mass is 35.5. The molecule has 0 aliphatic carbocycles. The molecule has 0 saturated heterocycles. The summed E-state index contributed by atoms with van der Waals surface area (Å²) in [6.07, 6.45) is 2.27. The summed E-state index contributed by atoms with van der Waals surface area (Å²) in [5.74, 6) is -0.881.